The Morgan fingerprint density at radius 2 is 1.55 bits per heavy atom. The van der Waals surface area contributed by atoms with E-state index in [2.05, 4.69) is 5.32 Å². The summed E-state index contributed by atoms with van der Waals surface area (Å²) in [5, 5.41) is 12.1. The van der Waals surface area contributed by atoms with E-state index in [4.69, 9.17) is 5.11 Å². The van der Waals surface area contributed by atoms with Gasteiger partial charge in [0.2, 0.25) is 0 Å². The number of carbonyl (C=O) groups excluding carboxylic acids is 1. The Hall–Kier alpha value is -2.33. The monoisotopic (exact) mass is 298 g/mol. The lowest BCUT2D eigenvalue weighted by Crippen LogP contribution is -2.41. The fourth-order valence-corrected chi connectivity index (χ4v) is 2.25. The number of hydrogen-bond donors (Lipinski definition) is 2. The average Bonchev–Trinajstić information content (AvgIpc) is 2.56. The molecule has 4 nitrogen and oxygen atoms in total. The molecular weight excluding hydrogens is 276 g/mol. The van der Waals surface area contributed by atoms with Crippen LogP contribution in [-0.4, -0.2) is 35.7 Å². The summed E-state index contributed by atoms with van der Waals surface area (Å²) >= 11 is 0. The van der Waals surface area contributed by atoms with Crippen LogP contribution in [0.25, 0.3) is 0 Å². The summed E-state index contributed by atoms with van der Waals surface area (Å²) in [6.07, 6.45) is 0.797. The van der Waals surface area contributed by atoms with Crippen LogP contribution in [0, 0.1) is 0 Å². The molecule has 0 bridgehead atoms. The molecule has 0 aliphatic carbocycles. The summed E-state index contributed by atoms with van der Waals surface area (Å²) in [6.45, 7) is 1.36. The van der Waals surface area contributed by atoms with E-state index in [1.807, 2.05) is 60.7 Å². The van der Waals surface area contributed by atoms with Gasteiger partial charge in [0.15, 0.2) is 0 Å². The van der Waals surface area contributed by atoms with Crippen LogP contribution in [0.3, 0.4) is 0 Å². The molecule has 0 aromatic heterocycles. The molecule has 0 atom stereocenters. The minimum atomic E-state index is -0.145. The Balaban J connectivity index is 1.84. The van der Waals surface area contributed by atoms with Crippen LogP contribution in [0.5, 0.6) is 0 Å². The zero-order chi connectivity index (χ0) is 15.6. The fraction of sp³-hybridized carbons (Fsp3) is 0.278. The van der Waals surface area contributed by atoms with Gasteiger partial charge in [-0.2, -0.15) is 0 Å². The molecule has 2 rings (SSSR count). The van der Waals surface area contributed by atoms with Crippen molar-refractivity contribution in [2.45, 2.75) is 13.0 Å². The Bertz CT molecular complexity index is 558. The number of hydrogen-bond acceptors (Lipinski definition) is 2. The third kappa shape index (κ3) is 5.22. The summed E-state index contributed by atoms with van der Waals surface area (Å²) in [4.78, 5) is 13.9. The third-order valence-electron chi connectivity index (χ3n) is 3.41. The highest BCUT2D eigenvalue weighted by Gasteiger charge is 2.12. The molecular formula is C18H22N2O2. The zero-order valence-corrected chi connectivity index (χ0v) is 12.6. The van der Waals surface area contributed by atoms with E-state index in [1.54, 1.807) is 4.90 Å². The summed E-state index contributed by atoms with van der Waals surface area (Å²) < 4.78 is 0. The van der Waals surface area contributed by atoms with Gasteiger partial charge in [-0.05, 0) is 17.5 Å². The SMILES string of the molecule is O=C(NCCc1ccccc1)N(CCO)Cc1ccccc1. The van der Waals surface area contributed by atoms with Crippen molar-refractivity contribution in [3.8, 4) is 0 Å². The van der Waals surface area contributed by atoms with Crippen LogP contribution in [0.15, 0.2) is 60.7 Å². The minimum absolute atomic E-state index is 0.0427. The van der Waals surface area contributed by atoms with Crippen molar-refractivity contribution in [3.63, 3.8) is 0 Å². The topological polar surface area (TPSA) is 52.6 Å². The van der Waals surface area contributed by atoms with Crippen LogP contribution in [-0.2, 0) is 13.0 Å². The van der Waals surface area contributed by atoms with Gasteiger partial charge in [-0.15, -0.1) is 0 Å². The van der Waals surface area contributed by atoms with Gasteiger partial charge in [-0.1, -0.05) is 60.7 Å². The van der Waals surface area contributed by atoms with Crippen LogP contribution in [0.1, 0.15) is 11.1 Å². The first-order valence-electron chi connectivity index (χ1n) is 7.51. The first kappa shape index (κ1) is 16.0. The van der Waals surface area contributed by atoms with Crippen LogP contribution >= 0.6 is 0 Å². The lowest BCUT2D eigenvalue weighted by molar-refractivity contribution is 0.174. The number of rotatable bonds is 7. The van der Waals surface area contributed by atoms with Crippen molar-refractivity contribution in [2.24, 2.45) is 0 Å². The van der Waals surface area contributed by atoms with Crippen molar-refractivity contribution in [2.75, 3.05) is 19.7 Å². The molecule has 2 amide bonds. The van der Waals surface area contributed by atoms with E-state index in [0.29, 0.717) is 19.6 Å². The predicted octanol–water partition coefficient (Wildman–Crippen LogP) is 2.43. The van der Waals surface area contributed by atoms with Gasteiger partial charge in [-0.25, -0.2) is 4.79 Å². The fourth-order valence-electron chi connectivity index (χ4n) is 2.25. The molecule has 0 aliphatic heterocycles. The maximum Gasteiger partial charge on any atom is 0.317 e. The maximum atomic E-state index is 12.2. The Kier molecular flexibility index (Phi) is 6.45. The molecule has 116 valence electrons. The highest BCUT2D eigenvalue weighted by atomic mass is 16.3. The molecule has 2 N–H and O–H groups in total. The smallest absolute Gasteiger partial charge is 0.317 e. The first-order chi connectivity index (χ1) is 10.8. The second-order valence-electron chi connectivity index (χ2n) is 5.10. The number of amides is 2. The highest BCUT2D eigenvalue weighted by molar-refractivity contribution is 5.74. The van der Waals surface area contributed by atoms with Crippen LogP contribution < -0.4 is 5.32 Å². The third-order valence-corrected chi connectivity index (χ3v) is 3.41. The van der Waals surface area contributed by atoms with E-state index in [9.17, 15) is 4.79 Å². The van der Waals surface area contributed by atoms with Gasteiger partial charge < -0.3 is 15.3 Å². The normalized spacial score (nSPS) is 10.2. The summed E-state index contributed by atoms with van der Waals surface area (Å²) in [7, 11) is 0. The number of nitrogens with zero attached hydrogens (tertiary/aromatic N) is 1. The number of benzene rings is 2. The van der Waals surface area contributed by atoms with Gasteiger partial charge in [0, 0.05) is 19.6 Å². The van der Waals surface area contributed by atoms with Crippen molar-refractivity contribution in [1.29, 1.82) is 0 Å². The molecule has 0 aliphatic rings. The molecule has 0 fully saturated rings. The Morgan fingerprint density at radius 3 is 2.14 bits per heavy atom. The molecule has 2 aromatic carbocycles. The van der Waals surface area contributed by atoms with Gasteiger partial charge in [0.25, 0.3) is 0 Å². The van der Waals surface area contributed by atoms with Crippen molar-refractivity contribution < 1.29 is 9.90 Å². The number of aliphatic hydroxyl groups is 1. The molecule has 0 spiro atoms. The quantitative estimate of drug-likeness (QED) is 0.825. The molecule has 0 saturated heterocycles. The van der Waals surface area contributed by atoms with Gasteiger partial charge in [0.05, 0.1) is 6.61 Å². The van der Waals surface area contributed by atoms with Crippen molar-refractivity contribution in [3.05, 3.63) is 71.8 Å². The van der Waals surface area contributed by atoms with Crippen molar-refractivity contribution >= 4 is 6.03 Å². The van der Waals surface area contributed by atoms with E-state index in [1.165, 1.54) is 5.56 Å². The standard InChI is InChI=1S/C18H22N2O2/c21-14-13-20(15-17-9-5-2-6-10-17)18(22)19-12-11-16-7-3-1-4-8-16/h1-10,21H,11-15H2,(H,19,22). The predicted molar refractivity (Wildman–Crippen MR) is 87.5 cm³/mol. The second-order valence-corrected chi connectivity index (χ2v) is 5.10. The first-order valence-corrected chi connectivity index (χ1v) is 7.51. The molecule has 4 heteroatoms. The number of nitrogens with one attached hydrogen (secondary N) is 1. The molecule has 0 saturated carbocycles. The summed E-state index contributed by atoms with van der Waals surface area (Å²) in [5.74, 6) is 0. The maximum absolute atomic E-state index is 12.2. The highest BCUT2D eigenvalue weighted by Crippen LogP contribution is 2.05. The molecule has 22 heavy (non-hydrogen) atoms. The second kappa shape index (κ2) is 8.85. The van der Waals surface area contributed by atoms with E-state index >= 15 is 0 Å². The molecule has 0 heterocycles. The van der Waals surface area contributed by atoms with Crippen molar-refractivity contribution in [1.82, 2.24) is 10.2 Å². The van der Waals surface area contributed by atoms with Gasteiger partial charge in [-0.3, -0.25) is 0 Å². The van der Waals surface area contributed by atoms with E-state index in [-0.39, 0.29) is 12.6 Å². The van der Waals surface area contributed by atoms with Gasteiger partial charge in [0.1, 0.15) is 0 Å². The number of carbonyl (C=O) groups is 1. The Morgan fingerprint density at radius 1 is 0.955 bits per heavy atom. The summed E-state index contributed by atoms with van der Waals surface area (Å²) in [5.41, 5.74) is 2.24. The lowest BCUT2D eigenvalue weighted by atomic mass is 10.1. The Labute approximate surface area is 131 Å². The van der Waals surface area contributed by atoms with E-state index in [0.717, 1.165) is 12.0 Å². The van der Waals surface area contributed by atoms with Gasteiger partial charge >= 0.3 is 6.03 Å². The molecule has 2 aromatic rings. The average molecular weight is 298 g/mol. The zero-order valence-electron chi connectivity index (χ0n) is 12.6. The lowest BCUT2D eigenvalue weighted by Gasteiger charge is -2.22. The molecule has 0 radical (unpaired) electrons. The molecule has 0 unspecified atom stereocenters. The number of aliphatic hydroxyl groups excluding tert-OH is 1. The minimum Gasteiger partial charge on any atom is -0.395 e. The van der Waals surface area contributed by atoms with Crippen LogP contribution in [0.2, 0.25) is 0 Å². The largest absolute Gasteiger partial charge is 0.395 e. The van der Waals surface area contributed by atoms with Crippen LogP contribution in [0.4, 0.5) is 4.79 Å². The number of urea groups is 1. The van der Waals surface area contributed by atoms with E-state index < -0.39 is 0 Å². The summed E-state index contributed by atoms with van der Waals surface area (Å²) in [6, 6.07) is 19.7.